The first kappa shape index (κ1) is 22.4. The van der Waals surface area contributed by atoms with Crippen LogP contribution in [0.4, 0.5) is 13.2 Å². The number of aromatic nitrogens is 5. The molecular formula is C19H21F3N6O3. The van der Waals surface area contributed by atoms with Gasteiger partial charge in [-0.1, -0.05) is 5.16 Å². The predicted octanol–water partition coefficient (Wildman–Crippen LogP) is 3.26. The molecule has 0 radical (unpaired) electrons. The van der Waals surface area contributed by atoms with Crippen LogP contribution in [0.5, 0.6) is 0 Å². The number of ether oxygens (including phenoxy) is 1. The van der Waals surface area contributed by atoms with E-state index in [1.807, 2.05) is 13.8 Å². The van der Waals surface area contributed by atoms with Crippen LogP contribution in [0, 0.1) is 0 Å². The normalized spacial score (nSPS) is 13.3. The summed E-state index contributed by atoms with van der Waals surface area (Å²) in [6, 6.07) is 3.38. The van der Waals surface area contributed by atoms with E-state index in [9.17, 15) is 18.0 Å². The lowest BCUT2D eigenvalue weighted by atomic mass is 10.0. The lowest BCUT2D eigenvalue weighted by Crippen LogP contribution is -2.28. The number of alkyl halides is 3. The Labute approximate surface area is 175 Å². The third kappa shape index (κ3) is 4.74. The molecule has 0 saturated heterocycles. The van der Waals surface area contributed by atoms with Crippen LogP contribution in [-0.4, -0.2) is 37.9 Å². The molecule has 3 rings (SSSR count). The first-order valence-electron chi connectivity index (χ1n) is 9.20. The number of carbonyl (C=O) groups is 1. The van der Waals surface area contributed by atoms with E-state index in [0.29, 0.717) is 17.3 Å². The van der Waals surface area contributed by atoms with E-state index in [1.54, 1.807) is 32.4 Å². The van der Waals surface area contributed by atoms with Crippen molar-refractivity contribution in [1.82, 2.24) is 30.2 Å². The van der Waals surface area contributed by atoms with Crippen molar-refractivity contribution >= 4 is 5.91 Å². The standard InChI is InChI=1S/C19H21F3N6O3/c1-10(24-16(29)12-9-14(19(20,21)22)26-28(12)4)17-25-15(27-31-17)11-6-7-23-13(8-11)18(2,3)30-5/h6-10H,1-5H3,(H,24,29). The van der Waals surface area contributed by atoms with Gasteiger partial charge < -0.3 is 14.6 Å². The van der Waals surface area contributed by atoms with Gasteiger partial charge in [0.05, 0.1) is 5.69 Å². The van der Waals surface area contributed by atoms with Crippen molar-refractivity contribution in [3.63, 3.8) is 0 Å². The summed E-state index contributed by atoms with van der Waals surface area (Å²) in [5.74, 6) is -0.400. The average Bonchev–Trinajstić information content (AvgIpc) is 3.35. The maximum absolute atomic E-state index is 12.8. The van der Waals surface area contributed by atoms with Gasteiger partial charge in [0.1, 0.15) is 17.3 Å². The summed E-state index contributed by atoms with van der Waals surface area (Å²) in [6.07, 6.45) is -3.06. The van der Waals surface area contributed by atoms with Crippen LogP contribution in [0.25, 0.3) is 11.4 Å². The van der Waals surface area contributed by atoms with E-state index < -0.39 is 29.4 Å². The Hall–Kier alpha value is -3.28. The molecule has 3 aromatic rings. The number of carbonyl (C=O) groups excluding carboxylic acids is 1. The van der Waals surface area contributed by atoms with Crippen molar-refractivity contribution in [1.29, 1.82) is 0 Å². The van der Waals surface area contributed by atoms with Crippen LogP contribution < -0.4 is 5.32 Å². The monoisotopic (exact) mass is 438 g/mol. The van der Waals surface area contributed by atoms with Gasteiger partial charge in [-0.2, -0.15) is 23.3 Å². The van der Waals surface area contributed by atoms with E-state index in [2.05, 4.69) is 25.5 Å². The van der Waals surface area contributed by atoms with Gasteiger partial charge in [0.25, 0.3) is 5.91 Å². The molecule has 0 aromatic carbocycles. The number of hydrogen-bond donors (Lipinski definition) is 1. The summed E-state index contributed by atoms with van der Waals surface area (Å²) < 4.78 is 49.9. The first-order valence-corrected chi connectivity index (χ1v) is 9.20. The van der Waals surface area contributed by atoms with Crippen molar-refractivity contribution in [2.24, 2.45) is 7.05 Å². The SMILES string of the molecule is COC(C)(C)c1cc(-c2noc(C(C)NC(=O)c3cc(C(F)(F)F)nn3C)n2)ccn1. The minimum Gasteiger partial charge on any atom is -0.373 e. The molecule has 0 aliphatic rings. The van der Waals surface area contributed by atoms with E-state index in [0.717, 1.165) is 4.68 Å². The fourth-order valence-corrected chi connectivity index (χ4v) is 2.68. The zero-order valence-corrected chi connectivity index (χ0v) is 17.5. The zero-order chi connectivity index (χ0) is 23.0. The first-order chi connectivity index (χ1) is 14.4. The Balaban J connectivity index is 1.77. The summed E-state index contributed by atoms with van der Waals surface area (Å²) >= 11 is 0. The van der Waals surface area contributed by atoms with Crippen LogP contribution in [0.15, 0.2) is 28.9 Å². The van der Waals surface area contributed by atoms with Gasteiger partial charge in [-0.15, -0.1) is 0 Å². The summed E-state index contributed by atoms with van der Waals surface area (Å²) in [6.45, 7) is 5.30. The summed E-state index contributed by atoms with van der Waals surface area (Å²) in [7, 11) is 2.83. The summed E-state index contributed by atoms with van der Waals surface area (Å²) in [4.78, 5) is 21.0. The summed E-state index contributed by atoms with van der Waals surface area (Å²) in [5, 5.41) is 9.78. The molecule has 12 heteroatoms. The predicted molar refractivity (Wildman–Crippen MR) is 102 cm³/mol. The fourth-order valence-electron chi connectivity index (χ4n) is 2.68. The second-order valence-electron chi connectivity index (χ2n) is 7.33. The number of amides is 1. The molecule has 0 aliphatic carbocycles. The quantitative estimate of drug-likeness (QED) is 0.629. The average molecular weight is 438 g/mol. The van der Waals surface area contributed by atoms with Crippen LogP contribution in [0.3, 0.4) is 0 Å². The van der Waals surface area contributed by atoms with E-state index in [-0.39, 0.29) is 17.4 Å². The fraction of sp³-hybridized carbons (Fsp3) is 0.421. The number of hydrogen-bond acceptors (Lipinski definition) is 7. The van der Waals surface area contributed by atoms with Crippen molar-refractivity contribution in [3.05, 3.63) is 47.4 Å². The van der Waals surface area contributed by atoms with Crippen LogP contribution in [-0.2, 0) is 23.6 Å². The number of halogens is 3. The molecule has 3 aromatic heterocycles. The lowest BCUT2D eigenvalue weighted by molar-refractivity contribution is -0.141. The van der Waals surface area contributed by atoms with Gasteiger partial charge in [-0.3, -0.25) is 14.5 Å². The smallest absolute Gasteiger partial charge is 0.373 e. The molecule has 0 fully saturated rings. The van der Waals surface area contributed by atoms with E-state index >= 15 is 0 Å². The molecule has 1 N–H and O–H groups in total. The molecular weight excluding hydrogens is 417 g/mol. The molecule has 9 nitrogen and oxygen atoms in total. The number of nitrogens with one attached hydrogen (secondary N) is 1. The van der Waals surface area contributed by atoms with Gasteiger partial charge in [0, 0.05) is 32.0 Å². The van der Waals surface area contributed by atoms with Crippen molar-refractivity contribution < 1.29 is 27.2 Å². The zero-order valence-electron chi connectivity index (χ0n) is 17.5. The van der Waals surface area contributed by atoms with Gasteiger partial charge in [-0.05, 0) is 32.9 Å². The molecule has 0 bridgehead atoms. The Morgan fingerprint density at radius 3 is 2.58 bits per heavy atom. The largest absolute Gasteiger partial charge is 0.435 e. The Bertz CT molecular complexity index is 1090. The van der Waals surface area contributed by atoms with Gasteiger partial charge in [0.2, 0.25) is 11.7 Å². The molecule has 1 amide bonds. The van der Waals surface area contributed by atoms with Gasteiger partial charge in [-0.25, -0.2) is 0 Å². The molecule has 3 heterocycles. The number of aryl methyl sites for hydroxylation is 1. The third-order valence-electron chi connectivity index (χ3n) is 4.71. The van der Waals surface area contributed by atoms with Crippen molar-refractivity contribution in [2.45, 2.75) is 38.6 Å². The second kappa shape index (κ2) is 8.10. The van der Waals surface area contributed by atoms with Gasteiger partial charge >= 0.3 is 6.18 Å². The minimum atomic E-state index is -4.65. The van der Waals surface area contributed by atoms with Crippen LogP contribution >= 0.6 is 0 Å². The molecule has 31 heavy (non-hydrogen) atoms. The van der Waals surface area contributed by atoms with E-state index in [1.165, 1.54) is 7.05 Å². The highest BCUT2D eigenvalue weighted by molar-refractivity contribution is 5.92. The highest BCUT2D eigenvalue weighted by Gasteiger charge is 2.35. The van der Waals surface area contributed by atoms with Crippen LogP contribution in [0.2, 0.25) is 0 Å². The molecule has 0 spiro atoms. The van der Waals surface area contributed by atoms with Crippen molar-refractivity contribution in [3.8, 4) is 11.4 Å². The van der Waals surface area contributed by atoms with Crippen LogP contribution in [0.1, 0.15) is 54.6 Å². The van der Waals surface area contributed by atoms with Crippen molar-refractivity contribution in [2.75, 3.05) is 7.11 Å². The Morgan fingerprint density at radius 2 is 1.97 bits per heavy atom. The Morgan fingerprint density at radius 1 is 1.26 bits per heavy atom. The second-order valence-corrected chi connectivity index (χ2v) is 7.33. The van der Waals surface area contributed by atoms with E-state index in [4.69, 9.17) is 9.26 Å². The summed E-state index contributed by atoms with van der Waals surface area (Å²) in [5.41, 5.74) is -0.732. The molecule has 0 saturated carbocycles. The number of pyridine rings is 1. The number of rotatable bonds is 6. The molecule has 1 unspecified atom stereocenters. The minimum absolute atomic E-state index is 0.0888. The molecule has 0 aliphatic heterocycles. The highest BCUT2D eigenvalue weighted by atomic mass is 19.4. The number of nitrogens with zero attached hydrogens (tertiary/aromatic N) is 5. The third-order valence-corrected chi connectivity index (χ3v) is 4.71. The maximum atomic E-state index is 12.8. The van der Waals surface area contributed by atoms with Gasteiger partial charge in [0.15, 0.2) is 5.69 Å². The number of methoxy groups -OCH3 is 1. The lowest BCUT2D eigenvalue weighted by Gasteiger charge is -2.22. The topological polar surface area (TPSA) is 108 Å². The Kier molecular flexibility index (Phi) is 5.85. The maximum Gasteiger partial charge on any atom is 0.435 e. The molecule has 1 atom stereocenters. The molecule has 166 valence electrons. The highest BCUT2D eigenvalue weighted by Crippen LogP contribution is 2.29.